The number of nitrogens with one attached hydrogen (secondary N) is 2. The smallest absolute Gasteiger partial charge is 0.231 e. The molecule has 2 N–H and O–H groups in total. The van der Waals surface area contributed by atoms with Crippen LogP contribution >= 0.6 is 11.3 Å². The topological polar surface area (TPSA) is 41.1 Å². The third-order valence-corrected chi connectivity index (χ3v) is 4.57. The van der Waals surface area contributed by atoms with Gasteiger partial charge in [0, 0.05) is 10.9 Å². The molecule has 0 bridgehead atoms. The van der Waals surface area contributed by atoms with Crippen LogP contribution in [0.3, 0.4) is 0 Å². The van der Waals surface area contributed by atoms with Gasteiger partial charge in [0.05, 0.1) is 5.41 Å². The Hall–Kier alpha value is -0.870. The fourth-order valence-corrected chi connectivity index (χ4v) is 2.93. The fourth-order valence-electron chi connectivity index (χ4n) is 2.08. The summed E-state index contributed by atoms with van der Waals surface area (Å²) in [5.41, 5.74) is -0.418. The lowest BCUT2D eigenvalue weighted by molar-refractivity contribution is -0.126. The number of carbonyl (C=O) groups is 1. The number of thiophene rings is 1. The first-order valence-electron chi connectivity index (χ1n) is 6.16. The molecule has 17 heavy (non-hydrogen) atoms. The average molecular weight is 252 g/mol. The van der Waals surface area contributed by atoms with Gasteiger partial charge in [0.25, 0.3) is 0 Å². The Morgan fingerprint density at radius 1 is 1.47 bits per heavy atom. The second-order valence-electron chi connectivity index (χ2n) is 5.10. The van der Waals surface area contributed by atoms with E-state index < -0.39 is 5.41 Å². The summed E-state index contributed by atoms with van der Waals surface area (Å²) < 4.78 is 0. The first-order valence-corrected chi connectivity index (χ1v) is 7.04. The maximum Gasteiger partial charge on any atom is 0.231 e. The van der Waals surface area contributed by atoms with Gasteiger partial charge in [-0.3, -0.25) is 4.79 Å². The van der Waals surface area contributed by atoms with Crippen LogP contribution in [-0.2, 0) is 10.2 Å². The Morgan fingerprint density at radius 3 is 2.76 bits per heavy atom. The Bertz CT molecular complexity index is 367. The minimum atomic E-state index is -0.418. The second kappa shape index (κ2) is 5.19. The van der Waals surface area contributed by atoms with E-state index in [1.807, 2.05) is 31.4 Å². The number of hydrogen-bond donors (Lipinski definition) is 2. The standard InChI is InChI=1S/C13H20N2OS/c1-13(2,11-4-3-9-17-11)12(16)15-10-5-7-14-8-6-10/h3-4,9-10,14H,5-8H2,1-2H3,(H,15,16). The Labute approximate surface area is 107 Å². The van der Waals surface area contributed by atoms with Gasteiger partial charge in [-0.2, -0.15) is 0 Å². The number of carbonyl (C=O) groups excluding carboxylic acids is 1. The summed E-state index contributed by atoms with van der Waals surface area (Å²) in [5.74, 6) is 0.145. The molecule has 1 aromatic heterocycles. The van der Waals surface area contributed by atoms with Gasteiger partial charge in [-0.05, 0) is 51.2 Å². The molecule has 1 aromatic rings. The lowest BCUT2D eigenvalue weighted by Gasteiger charge is -2.29. The molecule has 0 aliphatic carbocycles. The zero-order valence-corrected chi connectivity index (χ0v) is 11.3. The van der Waals surface area contributed by atoms with Gasteiger partial charge in [-0.1, -0.05) is 6.07 Å². The number of hydrogen-bond acceptors (Lipinski definition) is 3. The van der Waals surface area contributed by atoms with Crippen molar-refractivity contribution in [2.45, 2.75) is 38.1 Å². The molecule has 0 aromatic carbocycles. The van der Waals surface area contributed by atoms with Crippen molar-refractivity contribution in [3.63, 3.8) is 0 Å². The Morgan fingerprint density at radius 2 is 2.18 bits per heavy atom. The molecule has 3 nitrogen and oxygen atoms in total. The Kier molecular flexibility index (Phi) is 3.84. The number of piperidine rings is 1. The summed E-state index contributed by atoms with van der Waals surface area (Å²) in [6.07, 6.45) is 2.07. The van der Waals surface area contributed by atoms with E-state index in [2.05, 4.69) is 10.6 Å². The molecule has 1 saturated heterocycles. The first-order chi connectivity index (χ1) is 8.10. The van der Waals surface area contributed by atoms with Gasteiger partial charge in [0.15, 0.2) is 0 Å². The normalized spacial score (nSPS) is 18.0. The van der Waals surface area contributed by atoms with Crippen LogP contribution in [0.5, 0.6) is 0 Å². The largest absolute Gasteiger partial charge is 0.352 e. The number of amides is 1. The minimum Gasteiger partial charge on any atom is -0.352 e. The van der Waals surface area contributed by atoms with Crippen LogP contribution in [-0.4, -0.2) is 25.0 Å². The minimum absolute atomic E-state index is 0.145. The molecule has 94 valence electrons. The Balaban J connectivity index is 1.99. The van der Waals surface area contributed by atoms with Crippen molar-refractivity contribution in [1.29, 1.82) is 0 Å². The molecule has 0 spiro atoms. The predicted octanol–water partition coefficient (Wildman–Crippen LogP) is 1.89. The molecule has 0 saturated carbocycles. The summed E-state index contributed by atoms with van der Waals surface area (Å²) in [6.45, 7) is 6.00. The lowest BCUT2D eigenvalue weighted by atomic mass is 9.89. The average Bonchev–Trinajstić information content (AvgIpc) is 2.84. The second-order valence-corrected chi connectivity index (χ2v) is 6.05. The molecule has 2 heterocycles. The van der Waals surface area contributed by atoms with Gasteiger partial charge >= 0.3 is 0 Å². The molecule has 1 aliphatic rings. The van der Waals surface area contributed by atoms with E-state index in [-0.39, 0.29) is 5.91 Å². The van der Waals surface area contributed by atoms with Crippen LogP contribution < -0.4 is 10.6 Å². The van der Waals surface area contributed by atoms with E-state index in [0.717, 1.165) is 30.8 Å². The van der Waals surface area contributed by atoms with Crippen LogP contribution in [0.4, 0.5) is 0 Å². The highest BCUT2D eigenvalue weighted by molar-refractivity contribution is 7.10. The molecule has 1 aliphatic heterocycles. The lowest BCUT2D eigenvalue weighted by Crippen LogP contribution is -2.48. The van der Waals surface area contributed by atoms with Crippen molar-refractivity contribution in [3.05, 3.63) is 22.4 Å². The van der Waals surface area contributed by atoms with Gasteiger partial charge in [0.1, 0.15) is 0 Å². The molecule has 1 amide bonds. The predicted molar refractivity (Wildman–Crippen MR) is 71.4 cm³/mol. The van der Waals surface area contributed by atoms with Crippen LogP contribution in [0.15, 0.2) is 17.5 Å². The summed E-state index contributed by atoms with van der Waals surface area (Å²) in [4.78, 5) is 13.4. The molecule has 0 atom stereocenters. The zero-order valence-electron chi connectivity index (χ0n) is 10.5. The fraction of sp³-hybridized carbons (Fsp3) is 0.615. The molecular formula is C13H20N2OS. The zero-order chi connectivity index (χ0) is 12.3. The van der Waals surface area contributed by atoms with Crippen LogP contribution in [0, 0.1) is 0 Å². The quantitative estimate of drug-likeness (QED) is 0.862. The number of rotatable bonds is 3. The van der Waals surface area contributed by atoms with E-state index in [4.69, 9.17) is 0 Å². The van der Waals surface area contributed by atoms with E-state index in [0.29, 0.717) is 6.04 Å². The highest BCUT2D eigenvalue weighted by atomic mass is 32.1. The molecule has 1 fully saturated rings. The summed E-state index contributed by atoms with van der Waals surface area (Å²) in [6, 6.07) is 4.37. The van der Waals surface area contributed by atoms with E-state index >= 15 is 0 Å². The van der Waals surface area contributed by atoms with Crippen molar-refractivity contribution in [2.75, 3.05) is 13.1 Å². The molecule has 0 unspecified atom stereocenters. The first kappa shape index (κ1) is 12.6. The van der Waals surface area contributed by atoms with Crippen molar-refractivity contribution >= 4 is 17.2 Å². The molecular weight excluding hydrogens is 232 g/mol. The SMILES string of the molecule is CC(C)(C(=O)NC1CCNCC1)c1cccs1. The summed E-state index contributed by atoms with van der Waals surface area (Å²) in [7, 11) is 0. The van der Waals surface area contributed by atoms with Crippen LogP contribution in [0.2, 0.25) is 0 Å². The van der Waals surface area contributed by atoms with Gasteiger partial charge in [-0.15, -0.1) is 11.3 Å². The summed E-state index contributed by atoms with van der Waals surface area (Å²) in [5, 5.41) is 8.50. The van der Waals surface area contributed by atoms with Gasteiger partial charge in [-0.25, -0.2) is 0 Å². The maximum atomic E-state index is 12.3. The van der Waals surface area contributed by atoms with Gasteiger partial charge < -0.3 is 10.6 Å². The van der Waals surface area contributed by atoms with Crippen molar-refractivity contribution in [3.8, 4) is 0 Å². The van der Waals surface area contributed by atoms with E-state index in [1.54, 1.807) is 11.3 Å². The third-order valence-electron chi connectivity index (χ3n) is 3.38. The molecule has 2 rings (SSSR count). The van der Waals surface area contributed by atoms with Crippen molar-refractivity contribution in [2.24, 2.45) is 0 Å². The molecule has 4 heteroatoms. The van der Waals surface area contributed by atoms with Crippen LogP contribution in [0.1, 0.15) is 31.6 Å². The van der Waals surface area contributed by atoms with Crippen molar-refractivity contribution in [1.82, 2.24) is 10.6 Å². The maximum absolute atomic E-state index is 12.3. The summed E-state index contributed by atoms with van der Waals surface area (Å²) >= 11 is 1.65. The van der Waals surface area contributed by atoms with Crippen LogP contribution in [0.25, 0.3) is 0 Å². The van der Waals surface area contributed by atoms with E-state index in [1.165, 1.54) is 0 Å². The highest BCUT2D eigenvalue weighted by Gasteiger charge is 2.32. The molecule has 0 radical (unpaired) electrons. The highest BCUT2D eigenvalue weighted by Crippen LogP contribution is 2.27. The van der Waals surface area contributed by atoms with Gasteiger partial charge in [0.2, 0.25) is 5.91 Å². The van der Waals surface area contributed by atoms with E-state index in [9.17, 15) is 4.79 Å². The third kappa shape index (κ3) is 2.87. The monoisotopic (exact) mass is 252 g/mol. The van der Waals surface area contributed by atoms with Crippen molar-refractivity contribution < 1.29 is 4.79 Å².